The predicted octanol–water partition coefficient (Wildman–Crippen LogP) is 3.16. The third kappa shape index (κ3) is 3.66. The average Bonchev–Trinajstić information content (AvgIpc) is 2.33. The minimum absolute atomic E-state index is 0.0631. The number of carbonyl (C=O) groups is 1. The zero-order valence-corrected chi connectivity index (χ0v) is 10.8. The van der Waals surface area contributed by atoms with E-state index in [2.05, 4.69) is 4.74 Å². The van der Waals surface area contributed by atoms with Crippen LogP contribution in [0, 0.1) is 5.92 Å². The van der Waals surface area contributed by atoms with E-state index in [0.717, 1.165) is 6.54 Å². The predicted molar refractivity (Wildman–Crippen MR) is 67.4 cm³/mol. The maximum atomic E-state index is 12.1. The summed E-state index contributed by atoms with van der Waals surface area (Å²) in [7, 11) is 1.77. The second kappa shape index (κ2) is 5.99. The van der Waals surface area contributed by atoms with Crippen molar-refractivity contribution in [1.82, 2.24) is 4.90 Å². The summed E-state index contributed by atoms with van der Waals surface area (Å²) >= 11 is 0. The number of hydrogen-bond acceptors (Lipinski definition) is 2. The van der Waals surface area contributed by atoms with Crippen molar-refractivity contribution < 1.29 is 18.3 Å². The smallest absolute Gasteiger partial charge is 0.387 e. The summed E-state index contributed by atoms with van der Waals surface area (Å²) in [6, 6.07) is 5.79. The number of hydrogen-bond donors (Lipinski definition) is 0. The summed E-state index contributed by atoms with van der Waals surface area (Å²) in [6.07, 6.45) is 3.60. The van der Waals surface area contributed by atoms with E-state index in [1.165, 1.54) is 43.5 Å². The Morgan fingerprint density at radius 2 is 2.00 bits per heavy atom. The third-order valence-electron chi connectivity index (χ3n) is 3.43. The lowest BCUT2D eigenvalue weighted by molar-refractivity contribution is -0.0498. The molecule has 0 bridgehead atoms. The molecule has 19 heavy (non-hydrogen) atoms. The minimum atomic E-state index is -2.84. The molecule has 1 aromatic carbocycles. The molecule has 104 valence electrons. The monoisotopic (exact) mass is 269 g/mol. The van der Waals surface area contributed by atoms with Crippen LogP contribution < -0.4 is 4.74 Å². The molecule has 0 saturated heterocycles. The second-order valence-corrected chi connectivity index (χ2v) is 4.89. The highest BCUT2D eigenvalue weighted by Gasteiger charge is 2.22. The number of rotatable bonds is 5. The van der Waals surface area contributed by atoms with Crippen LogP contribution in [-0.2, 0) is 0 Å². The lowest BCUT2D eigenvalue weighted by Gasteiger charge is -2.30. The maximum Gasteiger partial charge on any atom is 0.387 e. The zero-order valence-electron chi connectivity index (χ0n) is 10.8. The van der Waals surface area contributed by atoms with E-state index < -0.39 is 6.61 Å². The number of nitrogens with zero attached hydrogens (tertiary/aromatic N) is 1. The zero-order chi connectivity index (χ0) is 13.8. The molecular formula is C14H17F2NO2. The van der Waals surface area contributed by atoms with Crippen molar-refractivity contribution in [3.05, 3.63) is 29.8 Å². The summed E-state index contributed by atoms with van der Waals surface area (Å²) < 4.78 is 28.2. The van der Waals surface area contributed by atoms with Gasteiger partial charge in [0.15, 0.2) is 0 Å². The highest BCUT2D eigenvalue weighted by atomic mass is 19.3. The van der Waals surface area contributed by atoms with Gasteiger partial charge in [-0.2, -0.15) is 8.78 Å². The quantitative estimate of drug-likeness (QED) is 0.821. The largest absolute Gasteiger partial charge is 0.435 e. The first-order chi connectivity index (χ1) is 9.06. The van der Waals surface area contributed by atoms with Gasteiger partial charge in [0, 0.05) is 19.2 Å². The van der Waals surface area contributed by atoms with E-state index in [9.17, 15) is 13.6 Å². The topological polar surface area (TPSA) is 29.5 Å². The van der Waals surface area contributed by atoms with Gasteiger partial charge in [0.1, 0.15) is 5.75 Å². The molecule has 2 rings (SSSR count). The Kier molecular flexibility index (Phi) is 4.35. The van der Waals surface area contributed by atoms with Gasteiger partial charge in [-0.1, -0.05) is 6.42 Å². The van der Waals surface area contributed by atoms with E-state index in [-0.39, 0.29) is 11.7 Å². The molecular weight excluding hydrogens is 252 g/mol. The van der Waals surface area contributed by atoms with Crippen molar-refractivity contribution in [2.75, 3.05) is 13.6 Å². The summed E-state index contributed by atoms with van der Waals surface area (Å²) in [4.78, 5) is 13.8. The van der Waals surface area contributed by atoms with Gasteiger partial charge < -0.3 is 9.64 Å². The second-order valence-electron chi connectivity index (χ2n) is 4.89. The summed E-state index contributed by atoms with van der Waals surface area (Å²) in [5, 5.41) is 0. The van der Waals surface area contributed by atoms with Gasteiger partial charge in [0.2, 0.25) is 0 Å². The van der Waals surface area contributed by atoms with Crippen molar-refractivity contribution in [2.24, 2.45) is 5.92 Å². The third-order valence-corrected chi connectivity index (χ3v) is 3.43. The van der Waals surface area contributed by atoms with Gasteiger partial charge in [-0.15, -0.1) is 0 Å². The number of ether oxygens (including phenoxy) is 1. The van der Waals surface area contributed by atoms with Crippen molar-refractivity contribution in [1.29, 1.82) is 0 Å². The number of benzene rings is 1. The lowest BCUT2D eigenvalue weighted by atomic mass is 9.85. The van der Waals surface area contributed by atoms with Gasteiger partial charge >= 0.3 is 6.61 Å². The van der Waals surface area contributed by atoms with Crippen LogP contribution in [0.25, 0.3) is 0 Å². The van der Waals surface area contributed by atoms with Gasteiger partial charge in [-0.05, 0) is 43.0 Å². The first-order valence-corrected chi connectivity index (χ1v) is 6.36. The number of amides is 1. The van der Waals surface area contributed by atoms with Crippen molar-refractivity contribution in [2.45, 2.75) is 25.9 Å². The van der Waals surface area contributed by atoms with Crippen LogP contribution >= 0.6 is 0 Å². The van der Waals surface area contributed by atoms with Crippen LogP contribution in [-0.4, -0.2) is 31.0 Å². The van der Waals surface area contributed by atoms with E-state index in [4.69, 9.17) is 0 Å². The summed E-state index contributed by atoms with van der Waals surface area (Å²) in [5.41, 5.74) is 0.489. The molecule has 0 aromatic heterocycles. The van der Waals surface area contributed by atoms with Crippen LogP contribution in [0.2, 0.25) is 0 Å². The van der Waals surface area contributed by atoms with Crippen LogP contribution in [0.1, 0.15) is 29.6 Å². The SMILES string of the molecule is CN(CC1CCC1)C(=O)c1ccc(OC(F)F)cc1. The van der Waals surface area contributed by atoms with Gasteiger partial charge in [-0.3, -0.25) is 4.79 Å². The van der Waals surface area contributed by atoms with Gasteiger partial charge in [-0.25, -0.2) is 0 Å². The highest BCUT2D eigenvalue weighted by molar-refractivity contribution is 5.94. The fourth-order valence-electron chi connectivity index (χ4n) is 2.14. The Hall–Kier alpha value is -1.65. The van der Waals surface area contributed by atoms with Crippen LogP contribution in [0.5, 0.6) is 5.75 Å². The Morgan fingerprint density at radius 3 is 2.47 bits per heavy atom. The standard InChI is InChI=1S/C14H17F2NO2/c1-17(9-10-3-2-4-10)13(18)11-5-7-12(8-6-11)19-14(15)16/h5-8,10,14H,2-4,9H2,1H3. The molecule has 3 nitrogen and oxygen atoms in total. The molecule has 1 fully saturated rings. The fourth-order valence-corrected chi connectivity index (χ4v) is 2.14. The number of carbonyl (C=O) groups excluding carboxylic acids is 1. The molecule has 0 spiro atoms. The number of alkyl halides is 2. The molecule has 1 aliphatic rings. The first kappa shape index (κ1) is 13.8. The van der Waals surface area contributed by atoms with Crippen molar-refractivity contribution >= 4 is 5.91 Å². The van der Waals surface area contributed by atoms with Crippen LogP contribution in [0.3, 0.4) is 0 Å². The lowest BCUT2D eigenvalue weighted by Crippen LogP contribution is -2.34. The van der Waals surface area contributed by atoms with Gasteiger partial charge in [0.25, 0.3) is 5.91 Å². The Labute approximate surface area is 111 Å². The normalized spacial score (nSPS) is 15.2. The van der Waals surface area contributed by atoms with Gasteiger partial charge in [0.05, 0.1) is 0 Å². The Bertz CT molecular complexity index is 430. The maximum absolute atomic E-state index is 12.1. The molecule has 0 N–H and O–H groups in total. The fraction of sp³-hybridized carbons (Fsp3) is 0.500. The Morgan fingerprint density at radius 1 is 1.37 bits per heavy atom. The van der Waals surface area contributed by atoms with Crippen LogP contribution in [0.15, 0.2) is 24.3 Å². The molecule has 5 heteroatoms. The highest BCUT2D eigenvalue weighted by Crippen LogP contribution is 2.27. The molecule has 1 aromatic rings. The van der Waals surface area contributed by atoms with E-state index >= 15 is 0 Å². The van der Waals surface area contributed by atoms with Crippen molar-refractivity contribution in [3.8, 4) is 5.75 Å². The molecule has 0 heterocycles. The molecule has 0 atom stereocenters. The molecule has 1 aliphatic carbocycles. The van der Waals surface area contributed by atoms with Crippen molar-refractivity contribution in [3.63, 3.8) is 0 Å². The average molecular weight is 269 g/mol. The minimum Gasteiger partial charge on any atom is -0.435 e. The van der Waals surface area contributed by atoms with E-state index in [1.54, 1.807) is 11.9 Å². The molecule has 1 saturated carbocycles. The molecule has 0 radical (unpaired) electrons. The first-order valence-electron chi connectivity index (χ1n) is 6.36. The summed E-state index contributed by atoms with van der Waals surface area (Å²) in [6.45, 7) is -2.09. The molecule has 0 aliphatic heterocycles. The van der Waals surface area contributed by atoms with E-state index in [0.29, 0.717) is 11.5 Å². The van der Waals surface area contributed by atoms with E-state index in [1.807, 2.05) is 0 Å². The summed E-state index contributed by atoms with van der Waals surface area (Å²) in [5.74, 6) is 0.582. The van der Waals surface area contributed by atoms with Crippen LogP contribution in [0.4, 0.5) is 8.78 Å². The molecule has 0 unspecified atom stereocenters. The molecule has 1 amide bonds. The Balaban J connectivity index is 1.94. The number of halogens is 2.